The molecule has 0 spiro atoms. The Morgan fingerprint density at radius 2 is 2.55 bits per heavy atom. The number of hydrogen-bond donors (Lipinski definition) is 1. The first kappa shape index (κ1) is 7.93. The third kappa shape index (κ3) is 2.50. The van der Waals surface area contributed by atoms with E-state index in [0.717, 1.165) is 11.5 Å². The second-order valence-electron chi connectivity index (χ2n) is 1.79. The van der Waals surface area contributed by atoms with E-state index < -0.39 is 6.16 Å². The average molecular weight is 174 g/mol. The first-order chi connectivity index (χ1) is 5.18. The van der Waals surface area contributed by atoms with Crippen molar-refractivity contribution in [2.45, 2.75) is 13.5 Å². The van der Waals surface area contributed by atoms with Crippen LogP contribution in [0.15, 0.2) is 0 Å². The minimum atomic E-state index is -1.29. The highest BCUT2D eigenvalue weighted by molar-refractivity contribution is 7.05. The van der Waals surface area contributed by atoms with E-state index in [-0.39, 0.29) is 6.61 Å². The maximum Gasteiger partial charge on any atom is 0.506 e. The fourth-order valence-electron chi connectivity index (χ4n) is 0.522. The molecule has 0 aliphatic rings. The van der Waals surface area contributed by atoms with Crippen LogP contribution in [0.2, 0.25) is 0 Å². The normalized spacial score (nSPS) is 9.55. The van der Waals surface area contributed by atoms with E-state index >= 15 is 0 Å². The fraction of sp³-hybridized carbons (Fsp3) is 0.400. The SMILES string of the molecule is Cc1nsc(COC(=O)O)n1. The number of carbonyl (C=O) groups is 1. The summed E-state index contributed by atoms with van der Waals surface area (Å²) in [5, 5.41) is 8.69. The number of aryl methyl sites for hydroxylation is 1. The molecule has 0 saturated heterocycles. The van der Waals surface area contributed by atoms with Gasteiger partial charge in [0.2, 0.25) is 0 Å². The summed E-state index contributed by atoms with van der Waals surface area (Å²) >= 11 is 1.14. The fourth-order valence-corrected chi connectivity index (χ4v) is 1.09. The maximum absolute atomic E-state index is 9.91. The Kier molecular flexibility index (Phi) is 2.37. The first-order valence-corrected chi connectivity index (χ1v) is 3.60. The van der Waals surface area contributed by atoms with E-state index in [1.165, 1.54) is 0 Å². The van der Waals surface area contributed by atoms with Crippen molar-refractivity contribution < 1.29 is 14.6 Å². The van der Waals surface area contributed by atoms with Crippen molar-refractivity contribution in [3.8, 4) is 0 Å². The van der Waals surface area contributed by atoms with Crippen molar-refractivity contribution in [2.75, 3.05) is 0 Å². The van der Waals surface area contributed by atoms with Crippen molar-refractivity contribution in [3.05, 3.63) is 10.8 Å². The van der Waals surface area contributed by atoms with Gasteiger partial charge in [-0.1, -0.05) is 0 Å². The van der Waals surface area contributed by atoms with Gasteiger partial charge in [-0.05, 0) is 18.5 Å². The van der Waals surface area contributed by atoms with Gasteiger partial charge in [0.1, 0.15) is 12.4 Å². The molecule has 0 unspecified atom stereocenters. The van der Waals surface area contributed by atoms with Crippen molar-refractivity contribution in [2.24, 2.45) is 0 Å². The van der Waals surface area contributed by atoms with Crippen LogP contribution in [0.3, 0.4) is 0 Å². The highest BCUT2D eigenvalue weighted by Crippen LogP contribution is 2.04. The van der Waals surface area contributed by atoms with E-state index in [1.54, 1.807) is 6.92 Å². The van der Waals surface area contributed by atoms with E-state index in [1.807, 2.05) is 0 Å². The molecule has 0 aliphatic carbocycles. The minimum absolute atomic E-state index is 0.0131. The zero-order valence-corrected chi connectivity index (χ0v) is 6.59. The predicted molar refractivity (Wildman–Crippen MR) is 37.5 cm³/mol. The summed E-state index contributed by atoms with van der Waals surface area (Å²) < 4.78 is 8.12. The minimum Gasteiger partial charge on any atom is -0.450 e. The molecule has 11 heavy (non-hydrogen) atoms. The molecular formula is C5H6N2O3S. The van der Waals surface area contributed by atoms with Gasteiger partial charge in [0, 0.05) is 0 Å². The topological polar surface area (TPSA) is 72.3 Å². The summed E-state index contributed by atoms with van der Waals surface area (Å²) in [5.41, 5.74) is 0. The lowest BCUT2D eigenvalue weighted by atomic mass is 10.7. The number of hydrogen-bond acceptors (Lipinski definition) is 5. The summed E-state index contributed by atoms with van der Waals surface area (Å²) in [6.07, 6.45) is -1.29. The molecule has 1 heterocycles. The van der Waals surface area contributed by atoms with Gasteiger partial charge in [0.25, 0.3) is 0 Å². The molecular weight excluding hydrogens is 168 g/mol. The van der Waals surface area contributed by atoms with Crippen molar-refractivity contribution in [1.29, 1.82) is 0 Å². The van der Waals surface area contributed by atoms with Gasteiger partial charge in [0.15, 0.2) is 5.01 Å². The quantitative estimate of drug-likeness (QED) is 0.678. The van der Waals surface area contributed by atoms with Gasteiger partial charge in [0.05, 0.1) is 0 Å². The molecule has 0 saturated carbocycles. The van der Waals surface area contributed by atoms with E-state index in [4.69, 9.17) is 5.11 Å². The molecule has 5 nitrogen and oxygen atoms in total. The summed E-state index contributed by atoms with van der Waals surface area (Å²) in [7, 11) is 0. The Balaban J connectivity index is 2.45. The van der Waals surface area contributed by atoms with E-state index in [0.29, 0.717) is 10.8 Å². The summed E-state index contributed by atoms with van der Waals surface area (Å²) in [6, 6.07) is 0. The van der Waals surface area contributed by atoms with Crippen LogP contribution in [0.4, 0.5) is 4.79 Å². The Hall–Kier alpha value is -1.17. The van der Waals surface area contributed by atoms with Gasteiger partial charge in [-0.2, -0.15) is 4.37 Å². The molecule has 6 heteroatoms. The molecule has 0 aliphatic heterocycles. The Labute approximate surface area is 66.8 Å². The third-order valence-corrected chi connectivity index (χ3v) is 1.66. The smallest absolute Gasteiger partial charge is 0.450 e. The molecule has 0 bridgehead atoms. The number of ether oxygens (including phenoxy) is 1. The van der Waals surface area contributed by atoms with Crippen molar-refractivity contribution in [1.82, 2.24) is 9.36 Å². The van der Waals surface area contributed by atoms with Crippen LogP contribution in [0.1, 0.15) is 10.8 Å². The predicted octanol–water partition coefficient (Wildman–Crippen LogP) is 1.04. The second-order valence-corrected chi connectivity index (χ2v) is 2.63. The molecule has 0 atom stereocenters. The molecule has 1 N–H and O–H groups in total. The van der Waals surface area contributed by atoms with Gasteiger partial charge in [-0.25, -0.2) is 9.78 Å². The lowest BCUT2D eigenvalue weighted by molar-refractivity contribution is 0.0853. The van der Waals surface area contributed by atoms with E-state index in [9.17, 15) is 4.79 Å². The summed E-state index contributed by atoms with van der Waals surface area (Å²) in [6.45, 7) is 1.72. The van der Waals surface area contributed by atoms with Crippen LogP contribution >= 0.6 is 11.5 Å². The van der Waals surface area contributed by atoms with Crippen molar-refractivity contribution in [3.63, 3.8) is 0 Å². The third-order valence-electron chi connectivity index (χ3n) is 0.889. The molecule has 1 aromatic heterocycles. The maximum atomic E-state index is 9.91. The molecule has 0 fully saturated rings. The standard InChI is InChI=1S/C5H6N2O3S/c1-3-6-4(11-7-3)2-10-5(8)9/h2H2,1H3,(H,8,9). The van der Waals surface area contributed by atoms with Gasteiger partial charge >= 0.3 is 6.16 Å². The number of rotatable bonds is 2. The Morgan fingerprint density at radius 1 is 1.82 bits per heavy atom. The highest BCUT2D eigenvalue weighted by atomic mass is 32.1. The molecule has 1 rings (SSSR count). The Bertz CT molecular complexity index is 260. The van der Waals surface area contributed by atoms with Crippen LogP contribution in [0.25, 0.3) is 0 Å². The largest absolute Gasteiger partial charge is 0.506 e. The van der Waals surface area contributed by atoms with Crippen LogP contribution in [0, 0.1) is 6.92 Å². The molecule has 0 aromatic carbocycles. The van der Waals surface area contributed by atoms with Gasteiger partial charge in [-0.3, -0.25) is 0 Å². The van der Waals surface area contributed by atoms with E-state index in [2.05, 4.69) is 14.1 Å². The van der Waals surface area contributed by atoms with Crippen LogP contribution < -0.4 is 0 Å². The molecule has 0 amide bonds. The highest BCUT2D eigenvalue weighted by Gasteiger charge is 2.02. The van der Waals surface area contributed by atoms with Gasteiger partial charge < -0.3 is 9.84 Å². The summed E-state index contributed by atoms with van der Waals surface area (Å²) in [5.74, 6) is 0.638. The van der Waals surface area contributed by atoms with Crippen LogP contribution in [-0.4, -0.2) is 20.6 Å². The van der Waals surface area contributed by atoms with Gasteiger partial charge in [-0.15, -0.1) is 0 Å². The molecule has 0 radical (unpaired) electrons. The molecule has 1 aromatic rings. The monoisotopic (exact) mass is 174 g/mol. The number of carboxylic acid groups (broad SMARTS) is 1. The zero-order valence-electron chi connectivity index (χ0n) is 5.77. The van der Waals surface area contributed by atoms with Crippen molar-refractivity contribution >= 4 is 17.7 Å². The Morgan fingerprint density at radius 3 is 3.00 bits per heavy atom. The summed E-state index contributed by atoms with van der Waals surface area (Å²) in [4.78, 5) is 13.8. The van der Waals surface area contributed by atoms with Crippen LogP contribution in [-0.2, 0) is 11.3 Å². The number of nitrogens with zero attached hydrogens (tertiary/aromatic N) is 2. The zero-order chi connectivity index (χ0) is 8.27. The average Bonchev–Trinajstić information content (AvgIpc) is 2.31. The first-order valence-electron chi connectivity index (χ1n) is 2.83. The second kappa shape index (κ2) is 3.29. The molecule has 60 valence electrons. The lowest BCUT2D eigenvalue weighted by Crippen LogP contribution is -1.99. The lowest BCUT2D eigenvalue weighted by Gasteiger charge is -1.92. The van der Waals surface area contributed by atoms with Crippen LogP contribution in [0.5, 0.6) is 0 Å². The number of aromatic nitrogens is 2.